The number of hydrogen-bond acceptors (Lipinski definition) is 7. The normalized spacial score (nSPS) is 18.2. The first-order valence-corrected chi connectivity index (χ1v) is 9.83. The minimum Gasteiger partial charge on any atom is -0.468 e. The number of carbonyl (C=O) groups is 2. The van der Waals surface area contributed by atoms with Crippen LogP contribution in [0, 0.1) is 5.92 Å². The summed E-state index contributed by atoms with van der Waals surface area (Å²) in [5.74, 6) is -4.69. The van der Waals surface area contributed by atoms with Gasteiger partial charge in [0.25, 0.3) is 0 Å². The molecule has 10 heteroatoms. The number of benzene rings is 1. The van der Waals surface area contributed by atoms with Gasteiger partial charge >= 0.3 is 18.1 Å². The van der Waals surface area contributed by atoms with Crippen molar-refractivity contribution >= 4 is 17.7 Å². The van der Waals surface area contributed by atoms with Crippen LogP contribution in [0.4, 0.5) is 13.2 Å². The summed E-state index contributed by atoms with van der Waals surface area (Å²) >= 11 is 0. The van der Waals surface area contributed by atoms with Gasteiger partial charge in [-0.2, -0.15) is 18.3 Å². The second-order valence-corrected chi connectivity index (χ2v) is 7.20. The van der Waals surface area contributed by atoms with Crippen molar-refractivity contribution in [2.45, 2.75) is 37.4 Å². The smallest absolute Gasteiger partial charge is 0.431 e. The van der Waals surface area contributed by atoms with Crippen LogP contribution in [0.1, 0.15) is 30.7 Å². The first-order chi connectivity index (χ1) is 14.7. The van der Waals surface area contributed by atoms with Gasteiger partial charge in [-0.1, -0.05) is 30.3 Å². The van der Waals surface area contributed by atoms with Gasteiger partial charge < -0.3 is 14.2 Å². The lowest BCUT2D eigenvalue weighted by molar-refractivity contribution is -0.160. The number of hydrazone groups is 1. The lowest BCUT2D eigenvalue weighted by Crippen LogP contribution is -2.37. The van der Waals surface area contributed by atoms with E-state index in [-0.39, 0.29) is 12.6 Å². The van der Waals surface area contributed by atoms with E-state index in [9.17, 15) is 22.8 Å². The molecule has 2 rings (SSSR count). The molecule has 0 spiro atoms. The summed E-state index contributed by atoms with van der Waals surface area (Å²) in [4.78, 5) is 24.7. The molecular formula is C21H27F3N2O5. The molecule has 0 bridgehead atoms. The molecule has 0 amide bonds. The molecule has 7 nitrogen and oxygen atoms in total. The van der Waals surface area contributed by atoms with E-state index in [0.29, 0.717) is 24.9 Å². The van der Waals surface area contributed by atoms with Gasteiger partial charge in [-0.3, -0.25) is 14.6 Å². The minimum atomic E-state index is -4.76. The summed E-state index contributed by atoms with van der Waals surface area (Å²) in [5, 5.41) is 5.28. The van der Waals surface area contributed by atoms with Gasteiger partial charge in [-0.15, -0.1) is 0 Å². The van der Waals surface area contributed by atoms with E-state index in [2.05, 4.69) is 5.10 Å². The molecule has 1 aliphatic rings. The first-order valence-electron chi connectivity index (χ1n) is 9.83. The molecule has 0 saturated carbocycles. The van der Waals surface area contributed by atoms with Crippen LogP contribution in [0.25, 0.3) is 0 Å². The van der Waals surface area contributed by atoms with E-state index in [1.807, 2.05) is 0 Å². The number of methoxy groups -OCH3 is 3. The third kappa shape index (κ3) is 6.43. The molecule has 0 radical (unpaired) electrons. The Morgan fingerprint density at radius 3 is 2.26 bits per heavy atom. The summed E-state index contributed by atoms with van der Waals surface area (Å²) in [7, 11) is 3.62. The van der Waals surface area contributed by atoms with Crippen molar-refractivity contribution in [3.63, 3.8) is 0 Å². The van der Waals surface area contributed by atoms with Gasteiger partial charge in [0.15, 0.2) is 5.92 Å². The van der Waals surface area contributed by atoms with E-state index < -0.39 is 42.1 Å². The highest BCUT2D eigenvalue weighted by atomic mass is 19.4. The highest BCUT2D eigenvalue weighted by molar-refractivity contribution is 5.98. The summed E-state index contributed by atoms with van der Waals surface area (Å²) in [6.07, 6.45) is -4.10. The first kappa shape index (κ1) is 24.6. The van der Waals surface area contributed by atoms with E-state index in [1.165, 1.54) is 12.1 Å². The minimum absolute atomic E-state index is 0.254. The van der Waals surface area contributed by atoms with Crippen LogP contribution in [0.2, 0.25) is 0 Å². The van der Waals surface area contributed by atoms with Gasteiger partial charge in [0.2, 0.25) is 0 Å². The Hall–Kier alpha value is -2.62. The van der Waals surface area contributed by atoms with Crippen LogP contribution in [0.3, 0.4) is 0 Å². The molecule has 1 aliphatic heterocycles. The van der Waals surface area contributed by atoms with Gasteiger partial charge in [0.1, 0.15) is 5.71 Å². The number of halogens is 3. The number of carbonyl (C=O) groups excluding carboxylic acids is 2. The molecular weight excluding hydrogens is 417 g/mol. The van der Waals surface area contributed by atoms with Gasteiger partial charge in [0.05, 0.1) is 26.9 Å². The fraction of sp³-hybridized carbons (Fsp3) is 0.571. The number of esters is 2. The maximum absolute atomic E-state index is 14.0. The third-order valence-electron chi connectivity index (χ3n) is 5.24. The quantitative estimate of drug-likeness (QED) is 0.331. The van der Waals surface area contributed by atoms with Crippen molar-refractivity contribution in [3.8, 4) is 0 Å². The number of nitrogens with zero attached hydrogens (tertiary/aromatic N) is 2. The highest BCUT2D eigenvalue weighted by Crippen LogP contribution is 2.35. The Morgan fingerprint density at radius 2 is 1.74 bits per heavy atom. The lowest BCUT2D eigenvalue weighted by atomic mass is 9.82. The van der Waals surface area contributed by atoms with Crippen molar-refractivity contribution in [2.24, 2.45) is 11.0 Å². The largest absolute Gasteiger partial charge is 0.468 e. The second-order valence-electron chi connectivity index (χ2n) is 7.20. The molecule has 0 aromatic heterocycles. The zero-order valence-electron chi connectivity index (χ0n) is 17.7. The Bertz CT molecular complexity index is 754. The van der Waals surface area contributed by atoms with Crippen molar-refractivity contribution < 1.29 is 37.0 Å². The molecule has 0 aliphatic carbocycles. The Labute approximate surface area is 179 Å². The Balaban J connectivity index is 2.49. The average Bonchev–Trinajstić information content (AvgIpc) is 3.19. The number of hydrogen-bond donors (Lipinski definition) is 0. The van der Waals surface area contributed by atoms with Gasteiger partial charge in [0, 0.05) is 26.0 Å². The fourth-order valence-corrected chi connectivity index (χ4v) is 3.70. The molecule has 172 valence electrons. The predicted molar refractivity (Wildman–Crippen MR) is 106 cm³/mol. The van der Waals surface area contributed by atoms with Crippen LogP contribution in [0.5, 0.6) is 0 Å². The van der Waals surface area contributed by atoms with Crippen molar-refractivity contribution in [3.05, 3.63) is 35.9 Å². The maximum atomic E-state index is 14.0. The zero-order chi connectivity index (χ0) is 23.0. The topological polar surface area (TPSA) is 77.4 Å². The Kier molecular flexibility index (Phi) is 8.85. The molecule has 1 saturated heterocycles. The fourth-order valence-electron chi connectivity index (χ4n) is 3.70. The summed E-state index contributed by atoms with van der Waals surface area (Å²) in [5.41, 5.74) is -0.711. The molecule has 31 heavy (non-hydrogen) atoms. The molecule has 1 fully saturated rings. The van der Waals surface area contributed by atoms with Gasteiger partial charge in [-0.25, -0.2) is 0 Å². The standard InChI is InChI=1S/C21H27F3N2O5/c1-29-13-15-10-7-11-26(15)25-17(21(22,23)24)12-16(14-8-5-4-6-9-14)18(19(27)30-2)20(28)31-3/h4-6,8-9,15-16,18H,7,10-13H2,1-3H3/b25-17+/t15-,16-/m0/s1. The molecule has 0 N–H and O–H groups in total. The van der Waals surface area contributed by atoms with Crippen LogP contribution in [0.15, 0.2) is 35.4 Å². The van der Waals surface area contributed by atoms with Crippen LogP contribution in [-0.2, 0) is 23.8 Å². The maximum Gasteiger partial charge on any atom is 0.431 e. The molecule has 2 atom stereocenters. The highest BCUT2D eigenvalue weighted by Gasteiger charge is 2.44. The predicted octanol–water partition coefficient (Wildman–Crippen LogP) is 3.15. The monoisotopic (exact) mass is 444 g/mol. The van der Waals surface area contributed by atoms with Crippen LogP contribution >= 0.6 is 0 Å². The van der Waals surface area contributed by atoms with E-state index >= 15 is 0 Å². The number of rotatable bonds is 9. The average molecular weight is 444 g/mol. The van der Waals surface area contributed by atoms with Crippen molar-refractivity contribution in [1.29, 1.82) is 0 Å². The molecule has 0 unspecified atom stereocenters. The third-order valence-corrected chi connectivity index (χ3v) is 5.24. The van der Waals surface area contributed by atoms with E-state index in [0.717, 1.165) is 14.2 Å². The summed E-state index contributed by atoms with van der Waals surface area (Å²) in [6.45, 7) is 0.616. The number of alkyl halides is 3. The van der Waals surface area contributed by atoms with Crippen LogP contribution in [-0.4, -0.2) is 69.4 Å². The summed E-state index contributed by atoms with van der Waals surface area (Å²) < 4.78 is 56.4. The lowest BCUT2D eigenvalue weighted by Gasteiger charge is -2.27. The molecule has 1 aromatic carbocycles. The van der Waals surface area contributed by atoms with Gasteiger partial charge in [-0.05, 0) is 18.4 Å². The molecule has 1 heterocycles. The van der Waals surface area contributed by atoms with Crippen LogP contribution < -0.4 is 0 Å². The zero-order valence-corrected chi connectivity index (χ0v) is 17.7. The van der Waals surface area contributed by atoms with Crippen molar-refractivity contribution in [2.75, 3.05) is 34.5 Å². The molecule has 1 aromatic rings. The van der Waals surface area contributed by atoms with Crippen molar-refractivity contribution in [1.82, 2.24) is 5.01 Å². The second kappa shape index (κ2) is 11.1. The summed E-state index contributed by atoms with van der Waals surface area (Å²) in [6, 6.07) is 7.77. The number of ether oxygens (including phenoxy) is 3. The SMILES string of the molecule is COC[C@@H]1CCCN1/N=C(\C[C@@H](c1ccccc1)C(C(=O)OC)C(=O)OC)C(F)(F)F. The van der Waals surface area contributed by atoms with E-state index in [1.54, 1.807) is 30.3 Å². The Morgan fingerprint density at radius 1 is 1.13 bits per heavy atom. The van der Waals surface area contributed by atoms with E-state index in [4.69, 9.17) is 14.2 Å².